The number of hydrogen-bond acceptors (Lipinski definition) is 3. The summed E-state index contributed by atoms with van der Waals surface area (Å²) in [6.45, 7) is 5.29. The number of nitrogens with zero attached hydrogens (tertiary/aromatic N) is 1. The highest BCUT2D eigenvalue weighted by molar-refractivity contribution is 5.87. The van der Waals surface area contributed by atoms with Gasteiger partial charge in [-0.05, 0) is 20.3 Å². The van der Waals surface area contributed by atoms with Crippen molar-refractivity contribution >= 4 is 5.97 Å². The van der Waals surface area contributed by atoms with Crippen LogP contribution in [0.5, 0.6) is 0 Å². The lowest BCUT2D eigenvalue weighted by Crippen LogP contribution is -2.24. The van der Waals surface area contributed by atoms with E-state index in [0.29, 0.717) is 12.5 Å². The first-order valence-electron chi connectivity index (χ1n) is 6.04. The number of rotatable bonds is 3. The molecule has 1 N–H and O–H groups in total. The quantitative estimate of drug-likeness (QED) is 0.882. The van der Waals surface area contributed by atoms with Crippen molar-refractivity contribution in [3.8, 4) is 0 Å². The summed E-state index contributed by atoms with van der Waals surface area (Å²) in [6, 6.07) is 1.52. The van der Waals surface area contributed by atoms with E-state index >= 15 is 0 Å². The van der Waals surface area contributed by atoms with Crippen molar-refractivity contribution in [2.24, 2.45) is 5.92 Å². The minimum atomic E-state index is -1.18. The molecule has 98 valence electrons. The van der Waals surface area contributed by atoms with Crippen LogP contribution in [0.15, 0.2) is 17.1 Å². The van der Waals surface area contributed by atoms with Crippen LogP contribution in [0.1, 0.15) is 35.4 Å². The lowest BCUT2D eigenvalue weighted by atomic mass is 9.99. The number of carboxylic acid groups (broad SMARTS) is 1. The third kappa shape index (κ3) is 2.31. The number of carboxylic acids is 1. The average molecular weight is 251 g/mol. The van der Waals surface area contributed by atoms with Crippen LogP contribution in [0, 0.1) is 12.8 Å². The normalized spacial score (nSPS) is 20.9. The van der Waals surface area contributed by atoms with E-state index in [0.717, 1.165) is 18.7 Å². The smallest absolute Gasteiger partial charge is 0.341 e. The Hall–Kier alpha value is -1.62. The van der Waals surface area contributed by atoms with Gasteiger partial charge in [0.15, 0.2) is 5.43 Å². The Morgan fingerprint density at radius 1 is 1.61 bits per heavy atom. The number of carbonyl (C=O) groups is 1. The predicted molar refractivity (Wildman–Crippen MR) is 66.0 cm³/mol. The Morgan fingerprint density at radius 2 is 2.33 bits per heavy atom. The monoisotopic (exact) mass is 251 g/mol. The number of hydrogen-bond donors (Lipinski definition) is 1. The summed E-state index contributed by atoms with van der Waals surface area (Å²) in [4.78, 5) is 22.5. The largest absolute Gasteiger partial charge is 0.477 e. The summed E-state index contributed by atoms with van der Waals surface area (Å²) in [7, 11) is 0. The van der Waals surface area contributed by atoms with Gasteiger partial charge in [0, 0.05) is 36.5 Å². The number of aromatic nitrogens is 1. The molecule has 2 heterocycles. The molecule has 0 bridgehead atoms. The van der Waals surface area contributed by atoms with Gasteiger partial charge < -0.3 is 14.4 Å². The predicted octanol–water partition coefficient (Wildman–Crippen LogP) is 1.45. The minimum Gasteiger partial charge on any atom is -0.477 e. The molecule has 1 aliphatic rings. The maximum Gasteiger partial charge on any atom is 0.341 e. The molecular weight excluding hydrogens is 234 g/mol. The van der Waals surface area contributed by atoms with Gasteiger partial charge in [0.25, 0.3) is 0 Å². The van der Waals surface area contributed by atoms with Crippen LogP contribution in [-0.4, -0.2) is 28.9 Å². The molecule has 5 heteroatoms. The number of pyridine rings is 1. The van der Waals surface area contributed by atoms with Gasteiger partial charge in [-0.15, -0.1) is 0 Å². The van der Waals surface area contributed by atoms with E-state index in [1.807, 2.05) is 18.4 Å². The fourth-order valence-corrected chi connectivity index (χ4v) is 2.41. The molecule has 0 aliphatic carbocycles. The molecule has 1 fully saturated rings. The first-order valence-corrected chi connectivity index (χ1v) is 6.04. The molecule has 0 amide bonds. The van der Waals surface area contributed by atoms with Crippen molar-refractivity contribution in [3.05, 3.63) is 33.7 Å². The van der Waals surface area contributed by atoms with Crippen LogP contribution in [0.2, 0.25) is 0 Å². The molecular formula is C13H17NO4. The molecule has 1 aromatic heterocycles. The van der Waals surface area contributed by atoms with Crippen LogP contribution in [0.3, 0.4) is 0 Å². The zero-order valence-corrected chi connectivity index (χ0v) is 10.5. The Labute approximate surface area is 105 Å². The second-order valence-electron chi connectivity index (χ2n) is 4.77. The second-order valence-corrected chi connectivity index (χ2v) is 4.77. The van der Waals surface area contributed by atoms with Gasteiger partial charge in [-0.2, -0.15) is 0 Å². The highest BCUT2D eigenvalue weighted by Gasteiger charge is 2.24. The third-order valence-corrected chi connectivity index (χ3v) is 3.60. The summed E-state index contributed by atoms with van der Waals surface area (Å²) in [5.74, 6) is -0.809. The Bertz CT molecular complexity index is 514. The molecule has 2 atom stereocenters. The Balaban J connectivity index is 2.40. The summed E-state index contributed by atoms with van der Waals surface area (Å²) >= 11 is 0. The first kappa shape index (κ1) is 12.8. The summed E-state index contributed by atoms with van der Waals surface area (Å²) in [5, 5.41) is 8.99. The Morgan fingerprint density at radius 3 is 2.89 bits per heavy atom. The van der Waals surface area contributed by atoms with Gasteiger partial charge in [0.05, 0.1) is 6.61 Å². The Kier molecular flexibility index (Phi) is 3.52. The van der Waals surface area contributed by atoms with E-state index in [4.69, 9.17) is 9.84 Å². The van der Waals surface area contributed by atoms with Gasteiger partial charge in [-0.3, -0.25) is 4.79 Å². The maximum absolute atomic E-state index is 11.6. The van der Waals surface area contributed by atoms with Gasteiger partial charge in [-0.25, -0.2) is 4.79 Å². The molecule has 1 aliphatic heterocycles. The van der Waals surface area contributed by atoms with Crippen LogP contribution in [0.4, 0.5) is 0 Å². The molecule has 0 spiro atoms. The molecule has 2 unspecified atom stereocenters. The highest BCUT2D eigenvalue weighted by atomic mass is 16.5. The third-order valence-electron chi connectivity index (χ3n) is 3.60. The highest BCUT2D eigenvalue weighted by Crippen LogP contribution is 2.26. The van der Waals surface area contributed by atoms with Crippen LogP contribution in [0.25, 0.3) is 0 Å². The van der Waals surface area contributed by atoms with Gasteiger partial charge in [-0.1, -0.05) is 0 Å². The van der Waals surface area contributed by atoms with E-state index in [2.05, 4.69) is 0 Å². The number of aromatic carboxylic acids is 1. The van der Waals surface area contributed by atoms with Crippen molar-refractivity contribution in [2.45, 2.75) is 26.3 Å². The molecule has 5 nitrogen and oxygen atoms in total. The summed E-state index contributed by atoms with van der Waals surface area (Å²) < 4.78 is 7.21. The molecule has 18 heavy (non-hydrogen) atoms. The molecule has 2 rings (SSSR count). The zero-order valence-electron chi connectivity index (χ0n) is 10.5. The molecule has 1 aromatic rings. The topological polar surface area (TPSA) is 68.5 Å². The minimum absolute atomic E-state index is 0.131. The molecule has 0 aromatic carbocycles. The average Bonchev–Trinajstić information content (AvgIpc) is 2.81. The summed E-state index contributed by atoms with van der Waals surface area (Å²) in [5.41, 5.74) is 0.168. The van der Waals surface area contributed by atoms with Crippen LogP contribution in [-0.2, 0) is 4.74 Å². The van der Waals surface area contributed by atoms with Crippen molar-refractivity contribution in [1.82, 2.24) is 4.57 Å². The fraction of sp³-hybridized carbons (Fsp3) is 0.538. The van der Waals surface area contributed by atoms with Gasteiger partial charge >= 0.3 is 5.97 Å². The lowest BCUT2D eigenvalue weighted by Gasteiger charge is -2.24. The van der Waals surface area contributed by atoms with Gasteiger partial charge in [0.1, 0.15) is 5.56 Å². The zero-order chi connectivity index (χ0) is 13.3. The van der Waals surface area contributed by atoms with Crippen LogP contribution >= 0.6 is 0 Å². The number of aryl methyl sites for hydroxylation is 1. The fourth-order valence-electron chi connectivity index (χ4n) is 2.41. The van der Waals surface area contributed by atoms with E-state index in [1.54, 1.807) is 0 Å². The van der Waals surface area contributed by atoms with Gasteiger partial charge in [0.2, 0.25) is 0 Å². The van der Waals surface area contributed by atoms with Crippen molar-refractivity contribution in [3.63, 3.8) is 0 Å². The standard InChI is InChI=1S/C13H17NO4/c1-8-5-12(15)11(13(16)17)6-14(8)9(2)10-3-4-18-7-10/h5-6,9-10H,3-4,7H2,1-2H3,(H,16,17). The maximum atomic E-state index is 11.6. The lowest BCUT2D eigenvalue weighted by molar-refractivity contribution is 0.0694. The summed E-state index contributed by atoms with van der Waals surface area (Å²) in [6.07, 6.45) is 2.41. The second kappa shape index (κ2) is 4.94. The van der Waals surface area contributed by atoms with Crippen LogP contribution < -0.4 is 5.43 Å². The van der Waals surface area contributed by atoms with E-state index in [-0.39, 0.29) is 11.6 Å². The number of ether oxygens (including phenoxy) is 1. The van der Waals surface area contributed by atoms with Crippen molar-refractivity contribution in [1.29, 1.82) is 0 Å². The first-order chi connectivity index (χ1) is 8.50. The van der Waals surface area contributed by atoms with E-state index in [9.17, 15) is 9.59 Å². The molecule has 0 radical (unpaired) electrons. The van der Waals surface area contributed by atoms with Crippen molar-refractivity contribution < 1.29 is 14.6 Å². The molecule has 1 saturated heterocycles. The van der Waals surface area contributed by atoms with E-state index in [1.165, 1.54) is 12.3 Å². The van der Waals surface area contributed by atoms with E-state index < -0.39 is 11.4 Å². The SMILES string of the molecule is Cc1cc(=O)c(C(=O)O)cn1C(C)C1CCOC1. The van der Waals surface area contributed by atoms with Crippen molar-refractivity contribution in [2.75, 3.05) is 13.2 Å². The molecule has 0 saturated carbocycles.